The van der Waals surface area contributed by atoms with Gasteiger partial charge in [-0.15, -0.1) is 0 Å². The number of piperidine rings is 1. The highest BCUT2D eigenvalue weighted by Crippen LogP contribution is 2.29. The quantitative estimate of drug-likeness (QED) is 0.919. The molecule has 3 heterocycles. The Morgan fingerprint density at radius 3 is 2.65 bits per heavy atom. The van der Waals surface area contributed by atoms with Crippen molar-refractivity contribution in [2.24, 2.45) is 5.92 Å². The second kappa shape index (κ2) is 7.33. The Hall–Kier alpha value is -2.27. The predicted molar refractivity (Wildman–Crippen MR) is 86.9 cm³/mol. The first-order chi connectivity index (χ1) is 11.2. The Labute approximate surface area is 136 Å². The number of rotatable bonds is 5. The average molecular weight is 311 g/mol. The molecular formula is C18H21N3O2. The first kappa shape index (κ1) is 15.6. The van der Waals surface area contributed by atoms with E-state index in [1.807, 2.05) is 36.7 Å². The van der Waals surface area contributed by atoms with E-state index >= 15 is 0 Å². The number of hydrogen-bond donors (Lipinski definition) is 1. The van der Waals surface area contributed by atoms with Crippen molar-refractivity contribution in [3.05, 3.63) is 60.2 Å². The molecule has 0 radical (unpaired) electrons. The summed E-state index contributed by atoms with van der Waals surface area (Å²) in [5.41, 5.74) is 2.20. The molecule has 5 nitrogen and oxygen atoms in total. The van der Waals surface area contributed by atoms with E-state index in [0.717, 1.165) is 30.8 Å². The van der Waals surface area contributed by atoms with Crippen LogP contribution in [-0.4, -0.2) is 39.0 Å². The summed E-state index contributed by atoms with van der Waals surface area (Å²) in [6.45, 7) is 1.59. The van der Waals surface area contributed by atoms with Gasteiger partial charge in [-0.25, -0.2) is 0 Å². The summed E-state index contributed by atoms with van der Waals surface area (Å²) in [7, 11) is 0. The second-order valence-corrected chi connectivity index (χ2v) is 5.98. The first-order valence-corrected chi connectivity index (χ1v) is 8.00. The zero-order chi connectivity index (χ0) is 16.1. The van der Waals surface area contributed by atoms with Crippen molar-refractivity contribution in [2.45, 2.75) is 25.3 Å². The molecule has 0 bridgehead atoms. The number of nitrogens with zero attached hydrogens (tertiary/aromatic N) is 3. The van der Waals surface area contributed by atoms with Gasteiger partial charge in [0.15, 0.2) is 0 Å². The summed E-state index contributed by atoms with van der Waals surface area (Å²) in [5.74, 6) is -0.886. The lowest BCUT2D eigenvalue weighted by Crippen LogP contribution is -2.39. The molecule has 0 aliphatic carbocycles. The number of carboxylic acids is 1. The summed E-state index contributed by atoms with van der Waals surface area (Å²) in [5, 5.41) is 9.18. The molecule has 0 spiro atoms. The lowest BCUT2D eigenvalue weighted by molar-refractivity contribution is -0.143. The minimum absolute atomic E-state index is 0.188. The predicted octanol–water partition coefficient (Wildman–Crippen LogP) is 2.56. The second-order valence-electron chi connectivity index (χ2n) is 5.98. The van der Waals surface area contributed by atoms with E-state index in [4.69, 9.17) is 0 Å². The highest BCUT2D eigenvalue weighted by molar-refractivity contribution is 5.70. The van der Waals surface area contributed by atoms with Crippen molar-refractivity contribution in [3.8, 4) is 0 Å². The highest BCUT2D eigenvalue weighted by Gasteiger charge is 2.29. The Balaban J connectivity index is 1.77. The maximum absolute atomic E-state index is 11.2. The minimum atomic E-state index is -0.674. The normalized spacial score (nSPS) is 17.7. The molecule has 1 aliphatic rings. The van der Waals surface area contributed by atoms with Crippen molar-refractivity contribution in [1.29, 1.82) is 0 Å². The number of aliphatic carboxylic acids is 1. The molecular weight excluding hydrogens is 290 g/mol. The molecule has 0 saturated carbocycles. The van der Waals surface area contributed by atoms with Crippen LogP contribution in [0, 0.1) is 5.92 Å². The SMILES string of the molecule is O=C(O)C1CCN(C(Cc2ccccn2)c2cccnc2)CC1. The van der Waals surface area contributed by atoms with Gasteiger partial charge in [-0.05, 0) is 49.7 Å². The van der Waals surface area contributed by atoms with Gasteiger partial charge in [0.05, 0.1) is 5.92 Å². The Morgan fingerprint density at radius 2 is 2.04 bits per heavy atom. The van der Waals surface area contributed by atoms with Crippen LogP contribution in [0.1, 0.15) is 30.1 Å². The van der Waals surface area contributed by atoms with Gasteiger partial charge in [-0.3, -0.25) is 19.7 Å². The van der Waals surface area contributed by atoms with Crippen LogP contribution in [0.15, 0.2) is 48.9 Å². The Kier molecular flexibility index (Phi) is 4.98. The summed E-state index contributed by atoms with van der Waals surface area (Å²) < 4.78 is 0. The van der Waals surface area contributed by atoms with Gasteiger partial charge in [0, 0.05) is 36.7 Å². The van der Waals surface area contributed by atoms with Crippen LogP contribution < -0.4 is 0 Å². The molecule has 5 heteroatoms. The smallest absolute Gasteiger partial charge is 0.306 e. The third kappa shape index (κ3) is 3.93. The molecule has 1 N–H and O–H groups in total. The number of hydrogen-bond acceptors (Lipinski definition) is 4. The fraction of sp³-hybridized carbons (Fsp3) is 0.389. The molecule has 1 aliphatic heterocycles. The summed E-state index contributed by atoms with van der Waals surface area (Å²) >= 11 is 0. The van der Waals surface area contributed by atoms with Crippen LogP contribution in [0.2, 0.25) is 0 Å². The fourth-order valence-electron chi connectivity index (χ4n) is 3.21. The molecule has 2 aromatic heterocycles. The Bertz CT molecular complexity index is 625. The van der Waals surface area contributed by atoms with E-state index < -0.39 is 5.97 Å². The maximum atomic E-state index is 11.2. The topological polar surface area (TPSA) is 66.3 Å². The molecule has 1 fully saturated rings. The Morgan fingerprint density at radius 1 is 1.22 bits per heavy atom. The van der Waals surface area contributed by atoms with Crippen molar-refractivity contribution in [3.63, 3.8) is 0 Å². The third-order valence-electron chi connectivity index (χ3n) is 4.52. The molecule has 1 unspecified atom stereocenters. The molecule has 2 aromatic rings. The van der Waals surface area contributed by atoms with Gasteiger partial charge in [0.1, 0.15) is 0 Å². The number of carboxylic acid groups (broad SMARTS) is 1. The van der Waals surface area contributed by atoms with E-state index in [-0.39, 0.29) is 12.0 Å². The fourth-order valence-corrected chi connectivity index (χ4v) is 3.21. The van der Waals surface area contributed by atoms with Gasteiger partial charge < -0.3 is 5.11 Å². The van der Waals surface area contributed by atoms with Gasteiger partial charge in [0.2, 0.25) is 0 Å². The van der Waals surface area contributed by atoms with Crippen molar-refractivity contribution >= 4 is 5.97 Å². The lowest BCUT2D eigenvalue weighted by atomic mass is 9.93. The number of likely N-dealkylation sites (tertiary alicyclic amines) is 1. The number of carbonyl (C=O) groups is 1. The standard InChI is InChI=1S/C18H21N3O2/c22-18(23)14-6-10-21(11-7-14)17(15-4-3-8-19-13-15)12-16-5-1-2-9-20-16/h1-5,8-9,13-14,17H,6-7,10-12H2,(H,22,23). The van der Waals surface area contributed by atoms with E-state index in [9.17, 15) is 9.90 Å². The van der Waals surface area contributed by atoms with Gasteiger partial charge >= 0.3 is 5.97 Å². The van der Waals surface area contributed by atoms with E-state index in [0.29, 0.717) is 12.8 Å². The summed E-state index contributed by atoms with van der Waals surface area (Å²) in [6.07, 6.45) is 7.70. The zero-order valence-corrected chi connectivity index (χ0v) is 13.0. The van der Waals surface area contributed by atoms with Crippen LogP contribution in [0.4, 0.5) is 0 Å². The molecule has 1 atom stereocenters. The number of aromatic nitrogens is 2. The molecule has 0 amide bonds. The van der Waals surface area contributed by atoms with Crippen LogP contribution in [0.5, 0.6) is 0 Å². The molecule has 1 saturated heterocycles. The van der Waals surface area contributed by atoms with E-state index in [1.165, 1.54) is 0 Å². The van der Waals surface area contributed by atoms with Crippen LogP contribution >= 0.6 is 0 Å². The van der Waals surface area contributed by atoms with Gasteiger partial charge in [-0.2, -0.15) is 0 Å². The largest absolute Gasteiger partial charge is 0.481 e. The van der Waals surface area contributed by atoms with Crippen molar-refractivity contribution < 1.29 is 9.90 Å². The average Bonchev–Trinajstić information content (AvgIpc) is 2.61. The van der Waals surface area contributed by atoms with Gasteiger partial charge in [-0.1, -0.05) is 12.1 Å². The van der Waals surface area contributed by atoms with E-state index in [1.54, 1.807) is 6.20 Å². The molecule has 23 heavy (non-hydrogen) atoms. The number of pyridine rings is 2. The zero-order valence-electron chi connectivity index (χ0n) is 13.0. The third-order valence-corrected chi connectivity index (χ3v) is 4.52. The van der Waals surface area contributed by atoms with E-state index in [2.05, 4.69) is 20.9 Å². The molecule has 0 aromatic carbocycles. The van der Waals surface area contributed by atoms with Gasteiger partial charge in [0.25, 0.3) is 0 Å². The van der Waals surface area contributed by atoms with Crippen LogP contribution in [0.25, 0.3) is 0 Å². The minimum Gasteiger partial charge on any atom is -0.481 e. The first-order valence-electron chi connectivity index (χ1n) is 8.00. The summed E-state index contributed by atoms with van der Waals surface area (Å²) in [6, 6.07) is 10.2. The highest BCUT2D eigenvalue weighted by atomic mass is 16.4. The lowest BCUT2D eigenvalue weighted by Gasteiger charge is -2.36. The van der Waals surface area contributed by atoms with Crippen molar-refractivity contribution in [1.82, 2.24) is 14.9 Å². The monoisotopic (exact) mass is 311 g/mol. The van der Waals surface area contributed by atoms with Crippen molar-refractivity contribution in [2.75, 3.05) is 13.1 Å². The van der Waals surface area contributed by atoms with Crippen LogP contribution in [0.3, 0.4) is 0 Å². The molecule has 120 valence electrons. The van der Waals surface area contributed by atoms with Crippen LogP contribution in [-0.2, 0) is 11.2 Å². The molecule has 3 rings (SSSR count). The summed E-state index contributed by atoms with van der Waals surface area (Å²) in [4.78, 5) is 22.2. The maximum Gasteiger partial charge on any atom is 0.306 e.